The summed E-state index contributed by atoms with van der Waals surface area (Å²) in [6, 6.07) is 15.1. The second kappa shape index (κ2) is 9.43. The molecule has 164 valence electrons. The number of hydrogen-bond donors (Lipinski definition) is 3. The van der Waals surface area contributed by atoms with Crippen LogP contribution in [-0.2, 0) is 24.1 Å². The second-order valence-electron chi connectivity index (χ2n) is 8.79. The number of aryl methyl sites for hydroxylation is 2. The number of nitrogens with one attached hydrogen (secondary N) is 3. The van der Waals surface area contributed by atoms with Crippen LogP contribution < -0.4 is 5.32 Å². The summed E-state index contributed by atoms with van der Waals surface area (Å²) in [6.45, 7) is 0.764. The standard InChI is InChI=1S/C27H30N4O/c32-26-12-10-23-20(9-11-25-24(23)13-15-28-25)16-19-6-5-7-21(17-19)27-30-18-22(31-27)8-3-1-2-4-14-29-26/h5-7,9,11,13,15,17-18,28H,1-4,8,10,12,14,16H2,(H,29,32)(H,30,31). The maximum atomic E-state index is 12.5. The Bertz CT molecular complexity index is 1220. The molecule has 0 spiro atoms. The lowest BCUT2D eigenvalue weighted by molar-refractivity contribution is -0.121. The van der Waals surface area contributed by atoms with Gasteiger partial charge < -0.3 is 15.3 Å². The fraction of sp³-hybridized carbons (Fsp3) is 0.333. The molecule has 1 aliphatic heterocycles. The SMILES string of the molecule is O=C1CCc2c(ccc3[nH]ccc23)Cc2cccc(c2)-c2ncc([nH]2)CCCCCCN1. The number of H-pyrrole nitrogens is 2. The van der Waals surface area contributed by atoms with Crippen LogP contribution in [0.4, 0.5) is 0 Å². The predicted octanol–water partition coefficient (Wildman–Crippen LogP) is 5.31. The first kappa shape index (κ1) is 20.6. The van der Waals surface area contributed by atoms with Crippen LogP contribution in [-0.4, -0.2) is 27.4 Å². The summed E-state index contributed by atoms with van der Waals surface area (Å²) >= 11 is 0. The fourth-order valence-corrected chi connectivity index (χ4v) is 4.73. The molecule has 5 nitrogen and oxygen atoms in total. The third kappa shape index (κ3) is 4.62. The molecular formula is C27H30N4O. The molecule has 0 aliphatic carbocycles. The highest BCUT2D eigenvalue weighted by atomic mass is 16.1. The van der Waals surface area contributed by atoms with E-state index >= 15 is 0 Å². The minimum atomic E-state index is 0.146. The van der Waals surface area contributed by atoms with Crippen LogP contribution >= 0.6 is 0 Å². The Morgan fingerprint density at radius 2 is 1.84 bits per heavy atom. The van der Waals surface area contributed by atoms with E-state index < -0.39 is 0 Å². The van der Waals surface area contributed by atoms with Crippen molar-refractivity contribution in [1.29, 1.82) is 0 Å². The van der Waals surface area contributed by atoms with Crippen LogP contribution in [0.2, 0.25) is 0 Å². The second-order valence-corrected chi connectivity index (χ2v) is 8.79. The summed E-state index contributed by atoms with van der Waals surface area (Å²) in [4.78, 5) is 24.0. The van der Waals surface area contributed by atoms with Gasteiger partial charge in [0.1, 0.15) is 5.82 Å². The topological polar surface area (TPSA) is 73.6 Å². The quantitative estimate of drug-likeness (QED) is 0.356. The van der Waals surface area contributed by atoms with Gasteiger partial charge in [-0.1, -0.05) is 37.1 Å². The van der Waals surface area contributed by atoms with Crippen molar-refractivity contribution in [1.82, 2.24) is 20.3 Å². The van der Waals surface area contributed by atoms with Crippen LogP contribution in [0.15, 0.2) is 54.9 Å². The van der Waals surface area contributed by atoms with Crippen LogP contribution in [0.3, 0.4) is 0 Å². The van der Waals surface area contributed by atoms with E-state index in [1.807, 2.05) is 12.4 Å². The third-order valence-electron chi connectivity index (χ3n) is 6.46. The molecule has 0 unspecified atom stereocenters. The summed E-state index contributed by atoms with van der Waals surface area (Å²) in [6.07, 6.45) is 11.5. The Kier molecular flexibility index (Phi) is 6.06. The molecule has 2 aromatic carbocycles. The summed E-state index contributed by atoms with van der Waals surface area (Å²) < 4.78 is 0. The molecule has 5 rings (SSSR count). The van der Waals surface area contributed by atoms with Gasteiger partial charge in [0.2, 0.25) is 5.91 Å². The molecule has 0 saturated carbocycles. The van der Waals surface area contributed by atoms with E-state index in [9.17, 15) is 4.79 Å². The minimum absolute atomic E-state index is 0.146. The Hall–Kier alpha value is -3.34. The van der Waals surface area contributed by atoms with Crippen LogP contribution in [0.25, 0.3) is 22.3 Å². The number of aromatic amines is 2. The number of amides is 1. The van der Waals surface area contributed by atoms with Gasteiger partial charge in [-0.3, -0.25) is 4.79 Å². The van der Waals surface area contributed by atoms with Gasteiger partial charge in [0.05, 0.1) is 0 Å². The molecule has 4 aromatic rings. The highest BCUT2D eigenvalue weighted by molar-refractivity contribution is 5.85. The Morgan fingerprint density at radius 1 is 0.906 bits per heavy atom. The van der Waals surface area contributed by atoms with E-state index in [4.69, 9.17) is 0 Å². The number of carbonyl (C=O) groups is 1. The van der Waals surface area contributed by atoms with Crippen molar-refractivity contribution >= 4 is 16.8 Å². The molecule has 5 heteroatoms. The highest BCUT2D eigenvalue weighted by Crippen LogP contribution is 2.27. The van der Waals surface area contributed by atoms with E-state index in [-0.39, 0.29) is 5.91 Å². The Balaban J connectivity index is 1.49. The number of fused-ring (bicyclic) bond motifs is 8. The molecule has 0 saturated heterocycles. The first-order valence-electron chi connectivity index (χ1n) is 11.7. The number of hydrogen-bond acceptors (Lipinski definition) is 2. The van der Waals surface area contributed by atoms with Crippen molar-refractivity contribution in [2.45, 2.75) is 51.4 Å². The van der Waals surface area contributed by atoms with Gasteiger partial charge >= 0.3 is 0 Å². The van der Waals surface area contributed by atoms with Crippen molar-refractivity contribution in [3.8, 4) is 11.4 Å². The highest BCUT2D eigenvalue weighted by Gasteiger charge is 2.13. The molecule has 32 heavy (non-hydrogen) atoms. The summed E-state index contributed by atoms with van der Waals surface area (Å²) in [5, 5.41) is 4.33. The molecule has 3 heterocycles. The van der Waals surface area contributed by atoms with Crippen molar-refractivity contribution in [3.63, 3.8) is 0 Å². The summed E-state index contributed by atoms with van der Waals surface area (Å²) in [5.74, 6) is 1.09. The zero-order chi connectivity index (χ0) is 21.8. The summed E-state index contributed by atoms with van der Waals surface area (Å²) in [7, 11) is 0. The number of aromatic nitrogens is 3. The normalized spacial score (nSPS) is 15.9. The van der Waals surface area contributed by atoms with Crippen molar-refractivity contribution in [3.05, 3.63) is 77.2 Å². The van der Waals surface area contributed by atoms with Gasteiger partial charge in [-0.05, 0) is 67.0 Å². The number of rotatable bonds is 0. The molecule has 0 atom stereocenters. The number of nitrogens with zero attached hydrogens (tertiary/aromatic N) is 1. The van der Waals surface area contributed by atoms with Gasteiger partial charge in [-0.2, -0.15) is 0 Å². The molecule has 3 N–H and O–H groups in total. The minimum Gasteiger partial charge on any atom is -0.361 e. The molecule has 2 aromatic heterocycles. The van der Waals surface area contributed by atoms with E-state index in [0.29, 0.717) is 6.42 Å². The average molecular weight is 427 g/mol. The molecule has 0 fully saturated rings. The van der Waals surface area contributed by atoms with Gasteiger partial charge in [0.25, 0.3) is 0 Å². The van der Waals surface area contributed by atoms with Crippen LogP contribution in [0.1, 0.15) is 54.5 Å². The molecule has 0 radical (unpaired) electrons. The monoisotopic (exact) mass is 426 g/mol. The number of carbonyl (C=O) groups excluding carboxylic acids is 1. The molecular weight excluding hydrogens is 396 g/mol. The molecule has 4 bridgehead atoms. The van der Waals surface area contributed by atoms with Gasteiger partial charge in [0, 0.05) is 47.5 Å². The molecule has 1 aliphatic rings. The number of benzene rings is 2. The maximum Gasteiger partial charge on any atom is 0.220 e. The lowest BCUT2D eigenvalue weighted by Gasteiger charge is -2.13. The van der Waals surface area contributed by atoms with Crippen molar-refractivity contribution in [2.24, 2.45) is 0 Å². The summed E-state index contributed by atoms with van der Waals surface area (Å²) in [5.41, 5.74) is 7.23. The zero-order valence-electron chi connectivity index (χ0n) is 18.4. The van der Waals surface area contributed by atoms with E-state index in [1.165, 1.54) is 34.2 Å². The van der Waals surface area contributed by atoms with E-state index in [2.05, 4.69) is 62.7 Å². The van der Waals surface area contributed by atoms with Crippen molar-refractivity contribution in [2.75, 3.05) is 6.54 Å². The van der Waals surface area contributed by atoms with E-state index in [1.54, 1.807) is 0 Å². The van der Waals surface area contributed by atoms with E-state index in [0.717, 1.165) is 62.0 Å². The van der Waals surface area contributed by atoms with Gasteiger partial charge in [-0.25, -0.2) is 4.98 Å². The number of imidazole rings is 1. The lowest BCUT2D eigenvalue weighted by Crippen LogP contribution is -2.24. The van der Waals surface area contributed by atoms with Crippen LogP contribution in [0.5, 0.6) is 0 Å². The lowest BCUT2D eigenvalue weighted by atomic mass is 9.93. The van der Waals surface area contributed by atoms with Gasteiger partial charge in [0.15, 0.2) is 0 Å². The first-order chi connectivity index (χ1) is 15.8. The smallest absolute Gasteiger partial charge is 0.220 e. The maximum absolute atomic E-state index is 12.5. The largest absolute Gasteiger partial charge is 0.361 e. The predicted molar refractivity (Wildman–Crippen MR) is 129 cm³/mol. The zero-order valence-corrected chi connectivity index (χ0v) is 18.4. The van der Waals surface area contributed by atoms with Gasteiger partial charge in [-0.15, -0.1) is 0 Å². The Morgan fingerprint density at radius 3 is 2.81 bits per heavy atom. The fourth-order valence-electron chi connectivity index (χ4n) is 4.73. The third-order valence-corrected chi connectivity index (χ3v) is 6.46. The Labute approximate surface area is 188 Å². The molecule has 1 amide bonds. The van der Waals surface area contributed by atoms with Crippen molar-refractivity contribution < 1.29 is 4.79 Å². The average Bonchev–Trinajstić information content (AvgIpc) is 3.47. The van der Waals surface area contributed by atoms with Crippen LogP contribution in [0, 0.1) is 0 Å². The first-order valence-corrected chi connectivity index (χ1v) is 11.7.